The SMILES string of the molecule is CC(O)(c1ccc(OCc2csc(Cc3ccccc3)n2)cc1)C(F)(F)F.COc1ccc(OCc2nc(CNCCc3nnc4n3CCC4)cs2)cc1.O=C(Cc1ccccc1)CN(Cc1csc(COc2ccc(F)cc2)c1)Cc1ccco1.c1ccc(Cc2nc(CN(CCn3cccn3)Cc3csc(Cc4ccccc4)n3)cs2)cc1.c1ccc(OCc2nc(CCCCn3cccn3)cs2)cc1. The number of hydrogen-bond acceptors (Lipinski definition) is 26. The lowest BCUT2D eigenvalue weighted by Gasteiger charge is -2.26. The van der Waals surface area contributed by atoms with Crippen molar-refractivity contribution >= 4 is 73.8 Å². The molecule has 33 heteroatoms. The quantitative estimate of drug-likeness (QED) is 0.0266. The van der Waals surface area contributed by atoms with Crippen molar-refractivity contribution < 1.29 is 55.6 Å². The summed E-state index contributed by atoms with van der Waals surface area (Å²) in [6, 6.07) is 79.3. The van der Waals surface area contributed by atoms with Crippen LogP contribution in [0.2, 0.25) is 0 Å². The Bertz CT molecular complexity index is 6550. The van der Waals surface area contributed by atoms with Crippen LogP contribution in [0.25, 0.3) is 0 Å². The Morgan fingerprint density at radius 1 is 0.479 bits per heavy atom. The van der Waals surface area contributed by atoms with Crippen molar-refractivity contribution in [3.8, 4) is 28.7 Å². The average molecular weight is 2030 g/mol. The monoisotopic (exact) mass is 2030 g/mol. The number of carbonyl (C=O) groups is 1. The van der Waals surface area contributed by atoms with Crippen LogP contribution in [-0.2, 0) is 134 Å². The molecular weight excluding hydrogens is 1920 g/mol. The fraction of sp³-hybridized carbons (Fsp3) is 0.266. The van der Waals surface area contributed by atoms with Crippen LogP contribution < -0.4 is 29.0 Å². The van der Waals surface area contributed by atoms with Gasteiger partial charge in [-0.25, -0.2) is 29.3 Å². The van der Waals surface area contributed by atoms with Crippen LogP contribution in [0.15, 0.2) is 323 Å². The number of benzene rings is 8. The van der Waals surface area contributed by atoms with Crippen LogP contribution in [-0.4, -0.2) is 113 Å². The number of carbonyl (C=O) groups excluding carboxylic acids is 1. The highest BCUT2D eigenvalue weighted by atomic mass is 32.1. The molecule has 2 N–H and O–H groups in total. The molecule has 0 bridgehead atoms. The number of alkyl halides is 3. The van der Waals surface area contributed by atoms with E-state index in [9.17, 15) is 27.5 Å². The predicted molar refractivity (Wildman–Crippen MR) is 551 cm³/mol. The number of aryl methyl sites for hydroxylation is 3. The van der Waals surface area contributed by atoms with Gasteiger partial charge in [0, 0.05) is 147 Å². The molecule has 0 amide bonds. The maximum atomic E-state index is 13.0. The zero-order chi connectivity index (χ0) is 98.2. The maximum Gasteiger partial charge on any atom is 0.421 e. The number of aliphatic hydroxyl groups is 1. The minimum atomic E-state index is -4.74. The normalized spacial score (nSPS) is 12.0. The summed E-state index contributed by atoms with van der Waals surface area (Å²) in [6.07, 6.45) is 13.9. The number of fused-ring (bicyclic) bond motifs is 1. The highest BCUT2D eigenvalue weighted by Crippen LogP contribution is 2.39. The summed E-state index contributed by atoms with van der Waals surface area (Å²) in [5.74, 6) is 6.49. The molecule has 1 unspecified atom stereocenters. The van der Waals surface area contributed by atoms with Gasteiger partial charge in [-0.1, -0.05) is 152 Å². The number of thiophene rings is 1. The molecule has 1 aliphatic rings. The van der Waals surface area contributed by atoms with E-state index in [1.165, 1.54) is 70.8 Å². The molecule has 0 aliphatic carbocycles. The molecule has 8 aromatic carbocycles. The number of rotatable bonds is 45. The second-order valence-corrected chi connectivity index (χ2v) is 39.3. The molecule has 18 aromatic rings. The van der Waals surface area contributed by atoms with Crippen LogP contribution in [0.5, 0.6) is 28.7 Å². The first kappa shape index (κ1) is 103. The first-order valence-corrected chi connectivity index (χ1v) is 52.0. The van der Waals surface area contributed by atoms with Gasteiger partial charge < -0.3 is 43.1 Å². The van der Waals surface area contributed by atoms with Crippen LogP contribution >= 0.6 is 68.0 Å². The van der Waals surface area contributed by atoms with E-state index < -0.39 is 11.8 Å². The summed E-state index contributed by atoms with van der Waals surface area (Å²) in [7, 11) is 1.65. The third-order valence-electron chi connectivity index (χ3n) is 22.5. The van der Waals surface area contributed by atoms with Crippen LogP contribution in [0.1, 0.15) is 135 Å². The van der Waals surface area contributed by atoms with Gasteiger partial charge in [0.15, 0.2) is 11.4 Å². The number of methoxy groups -OCH3 is 1. The minimum Gasteiger partial charge on any atom is -0.497 e. The summed E-state index contributed by atoms with van der Waals surface area (Å²) < 4.78 is 91.3. The Hall–Kier alpha value is -13.3. The second-order valence-electron chi connectivity index (χ2n) is 33.6. The fourth-order valence-electron chi connectivity index (χ4n) is 15.1. The predicted octanol–water partition coefficient (Wildman–Crippen LogP) is 23.2. The molecule has 0 saturated heterocycles. The largest absolute Gasteiger partial charge is 0.497 e. The standard InChI is InChI=1S/C27H27N5S2.C26H24FNO3S.C20H18F3NO2S.C19H23N5O2S.C17H19N3OS/c1-3-8-22(9-4-1)16-26-29-24(20-33-26)18-31(14-15-32-13-7-12-28-32)19-25-21-34-27(30-25)17-23-10-5-2-6-11-23;27-22-8-10-24(11-9-22)31-18-26-14-21(19-32-26)15-28(17-25-7-4-12-30-25)16-23(29)13-20-5-2-1-3-6-20;1-19(25,20(21,22)23)15-7-9-17(10-8-15)26-12-16-13-27-18(24-16)11-14-5-3-2-4-6-14;1-25-15-4-6-16(7-5-15)26-12-19-21-14(13-27-19)11-20-9-8-18-23-22-17-3-2-10-24(17)18;1-2-8-16(9-3-1)21-13-17-19-15(14-22-17)7-4-5-11-20-12-6-10-18-20/h1-13,20-21H,14-19H2;1-12,14,19H,13,15-18H2;2-10,13,25H,11-12H2,1H3;4-7,13,20H,2-3,8-12H2,1H3;1-3,6,8-10,12,14H,4-5,7,11,13H2. The molecule has 734 valence electrons. The Kier molecular flexibility index (Phi) is 39.2. The number of hydrogen-bond donors (Lipinski definition) is 2. The lowest BCUT2D eigenvalue weighted by atomic mass is 9.95. The van der Waals surface area contributed by atoms with Crippen molar-refractivity contribution in [1.82, 2.24) is 74.4 Å². The van der Waals surface area contributed by atoms with Crippen molar-refractivity contribution in [2.45, 2.75) is 162 Å². The van der Waals surface area contributed by atoms with Crippen LogP contribution in [0, 0.1) is 5.82 Å². The summed E-state index contributed by atoms with van der Waals surface area (Å²) in [6.45, 7) is 10.9. The molecule has 1 aliphatic heterocycles. The molecule has 0 fully saturated rings. The van der Waals surface area contributed by atoms with E-state index in [-0.39, 0.29) is 23.8 Å². The molecule has 10 aromatic heterocycles. The topological polar surface area (TPSA) is 246 Å². The van der Waals surface area contributed by atoms with E-state index in [2.05, 4.69) is 149 Å². The van der Waals surface area contributed by atoms with Crippen LogP contribution in [0.3, 0.4) is 0 Å². The molecule has 11 heterocycles. The number of unbranched alkanes of at least 4 members (excludes halogenated alkanes) is 1. The summed E-state index contributed by atoms with van der Waals surface area (Å²) in [5, 5.41) is 48.1. The average Bonchev–Trinajstić information content (AvgIpc) is 1.42. The van der Waals surface area contributed by atoms with Crippen molar-refractivity contribution in [2.75, 3.05) is 26.7 Å². The molecule has 0 radical (unpaired) electrons. The summed E-state index contributed by atoms with van der Waals surface area (Å²) >= 11 is 9.93. The van der Waals surface area contributed by atoms with Crippen molar-refractivity contribution in [3.63, 3.8) is 0 Å². The van der Waals surface area contributed by atoms with Gasteiger partial charge in [-0.05, 0) is 174 Å². The Morgan fingerprint density at radius 2 is 0.979 bits per heavy atom. The number of ether oxygens (including phenoxy) is 5. The first-order valence-electron chi connectivity index (χ1n) is 46.7. The minimum absolute atomic E-state index is 0.165. The zero-order valence-electron chi connectivity index (χ0n) is 78.8. The highest BCUT2D eigenvalue weighted by Gasteiger charge is 2.51. The van der Waals surface area contributed by atoms with Gasteiger partial charge in [-0.3, -0.25) is 24.0 Å². The van der Waals surface area contributed by atoms with Gasteiger partial charge in [0.2, 0.25) is 0 Å². The molecule has 1 atom stereocenters. The Labute approximate surface area is 847 Å². The molecule has 23 nitrogen and oxygen atoms in total. The van der Waals surface area contributed by atoms with E-state index >= 15 is 0 Å². The zero-order valence-corrected chi connectivity index (χ0v) is 83.7. The van der Waals surface area contributed by atoms with E-state index in [1.54, 1.807) is 82.2 Å². The van der Waals surface area contributed by atoms with Crippen LogP contribution in [0.4, 0.5) is 17.6 Å². The number of ketones is 1. The number of aromatic nitrogens is 12. The maximum absolute atomic E-state index is 13.0. The van der Waals surface area contributed by atoms with E-state index in [0.29, 0.717) is 57.4 Å². The Balaban J connectivity index is 0.000000135. The number of furan rings is 1. The molecular formula is C109H111F4N15O8S6. The summed E-state index contributed by atoms with van der Waals surface area (Å²) in [5.41, 5.74) is 7.99. The molecule has 142 heavy (non-hydrogen) atoms. The van der Waals surface area contributed by atoms with Crippen molar-refractivity contribution in [3.05, 3.63) is 433 Å². The van der Waals surface area contributed by atoms with E-state index in [1.807, 2.05) is 179 Å². The Morgan fingerprint density at radius 3 is 1.55 bits per heavy atom. The number of nitrogens with zero attached hydrogens (tertiary/aromatic N) is 14. The number of thiazole rings is 5. The van der Waals surface area contributed by atoms with E-state index in [0.717, 1.165) is 215 Å². The molecule has 19 rings (SSSR count). The van der Waals surface area contributed by atoms with Gasteiger partial charge in [0.25, 0.3) is 0 Å². The third kappa shape index (κ3) is 34.0. The first-order chi connectivity index (χ1) is 69.4. The smallest absolute Gasteiger partial charge is 0.421 e. The number of Topliss-reactive ketones (excluding diaryl/α,β-unsaturated/α-hetero) is 1. The van der Waals surface area contributed by atoms with Crippen molar-refractivity contribution in [2.24, 2.45) is 0 Å². The second kappa shape index (κ2) is 54.1. The van der Waals surface area contributed by atoms with Gasteiger partial charge in [-0.15, -0.1) is 78.2 Å². The number of nitrogens with one attached hydrogen (secondary N) is 1. The van der Waals surface area contributed by atoms with Gasteiger partial charge in [0.05, 0.1) is 76.5 Å². The third-order valence-corrected chi connectivity index (χ3v) is 27.9. The highest BCUT2D eigenvalue weighted by molar-refractivity contribution is 7.11. The number of para-hydroxylation sites is 1. The molecule has 0 spiro atoms. The van der Waals surface area contributed by atoms with Gasteiger partial charge >= 0.3 is 6.18 Å². The van der Waals surface area contributed by atoms with Gasteiger partial charge in [0.1, 0.15) is 88.4 Å². The fourth-order valence-corrected chi connectivity index (χ4v) is 19.8. The van der Waals surface area contributed by atoms with Crippen molar-refractivity contribution in [1.29, 1.82) is 0 Å². The van der Waals surface area contributed by atoms with E-state index in [4.69, 9.17) is 38.1 Å². The van der Waals surface area contributed by atoms with Gasteiger partial charge in [-0.2, -0.15) is 23.4 Å². The lowest BCUT2D eigenvalue weighted by molar-refractivity contribution is -0.258. The molecule has 0 saturated carbocycles. The summed E-state index contributed by atoms with van der Waals surface area (Å²) in [4.78, 5) is 41.9. The lowest BCUT2D eigenvalue weighted by Crippen LogP contribution is -2.39. The number of halogens is 4.